The Balaban J connectivity index is 2.18. The van der Waals surface area contributed by atoms with Gasteiger partial charge in [-0.2, -0.15) is 5.26 Å². The van der Waals surface area contributed by atoms with Crippen LogP contribution in [0, 0.1) is 17.2 Å². The van der Waals surface area contributed by atoms with Crippen molar-refractivity contribution < 1.29 is 4.74 Å². The lowest BCUT2D eigenvalue weighted by atomic mass is 9.88. The minimum Gasteiger partial charge on any atom is -0.378 e. The Hall–Kier alpha value is -0.590. The number of rotatable bonds is 4. The fourth-order valence-electron chi connectivity index (χ4n) is 2.02. The lowest BCUT2D eigenvalue weighted by Gasteiger charge is -2.27. The molecule has 0 aliphatic heterocycles. The van der Waals surface area contributed by atoms with Gasteiger partial charge in [-0.15, -0.1) is 0 Å². The third-order valence-electron chi connectivity index (χ3n) is 3.12. The first-order valence-electron chi connectivity index (χ1n) is 5.85. The van der Waals surface area contributed by atoms with E-state index in [1.165, 1.54) is 12.8 Å². The van der Waals surface area contributed by atoms with Crippen LogP contribution in [0.1, 0.15) is 46.0 Å². The van der Waals surface area contributed by atoms with Crippen LogP contribution in [0.4, 0.5) is 0 Å². The van der Waals surface area contributed by atoms with Gasteiger partial charge < -0.3 is 10.5 Å². The van der Waals surface area contributed by atoms with Crippen LogP contribution in [-0.2, 0) is 4.74 Å². The smallest absolute Gasteiger partial charge is 0.103 e. The zero-order valence-electron chi connectivity index (χ0n) is 9.83. The zero-order chi connectivity index (χ0) is 11.3. The van der Waals surface area contributed by atoms with Crippen molar-refractivity contribution in [2.24, 2.45) is 11.7 Å². The van der Waals surface area contributed by atoms with Gasteiger partial charge in [-0.3, -0.25) is 0 Å². The summed E-state index contributed by atoms with van der Waals surface area (Å²) in [5, 5.41) is 8.74. The molecular formula is C12H22N2O. The third-order valence-corrected chi connectivity index (χ3v) is 3.12. The monoisotopic (exact) mass is 210 g/mol. The molecular weight excluding hydrogens is 188 g/mol. The molecule has 2 N–H and O–H groups in total. The van der Waals surface area contributed by atoms with E-state index in [1.807, 2.05) is 0 Å². The van der Waals surface area contributed by atoms with Crippen molar-refractivity contribution in [3.8, 4) is 6.07 Å². The number of nitrogens with zero attached hydrogens (tertiary/aromatic N) is 1. The molecule has 86 valence electrons. The normalized spacial score (nSPS) is 30.5. The van der Waals surface area contributed by atoms with E-state index >= 15 is 0 Å². The van der Waals surface area contributed by atoms with E-state index in [9.17, 15) is 0 Å². The molecule has 0 bridgehead atoms. The zero-order valence-corrected chi connectivity index (χ0v) is 9.83. The Kier molecular flexibility index (Phi) is 4.56. The molecule has 15 heavy (non-hydrogen) atoms. The van der Waals surface area contributed by atoms with E-state index in [0.29, 0.717) is 19.1 Å². The summed E-state index contributed by atoms with van der Waals surface area (Å²) in [5.74, 6) is 0.781. The van der Waals surface area contributed by atoms with Crippen LogP contribution < -0.4 is 5.73 Å². The third kappa shape index (κ3) is 4.63. The molecule has 0 spiro atoms. The lowest BCUT2D eigenvalue weighted by molar-refractivity contribution is 0.0106. The maximum Gasteiger partial charge on any atom is 0.103 e. The molecule has 1 aliphatic rings. The highest BCUT2D eigenvalue weighted by atomic mass is 16.5. The molecule has 0 radical (unpaired) electrons. The van der Waals surface area contributed by atoms with E-state index in [2.05, 4.69) is 13.0 Å². The van der Waals surface area contributed by atoms with Gasteiger partial charge in [0.2, 0.25) is 0 Å². The SMILES string of the molecule is CC1CCCC(OCCC(C)(N)C#N)C1. The Morgan fingerprint density at radius 1 is 1.53 bits per heavy atom. The number of nitriles is 1. The average Bonchev–Trinajstić information content (AvgIpc) is 2.18. The molecule has 0 aromatic carbocycles. The second-order valence-corrected chi connectivity index (χ2v) is 5.04. The fraction of sp³-hybridized carbons (Fsp3) is 0.917. The van der Waals surface area contributed by atoms with Gasteiger partial charge >= 0.3 is 0 Å². The first kappa shape index (κ1) is 12.5. The predicted octanol–water partition coefficient (Wildman–Crippen LogP) is 2.21. The minimum absolute atomic E-state index is 0.392. The molecule has 3 atom stereocenters. The van der Waals surface area contributed by atoms with Crippen molar-refractivity contribution >= 4 is 0 Å². The standard InChI is InChI=1S/C12H22N2O/c1-10-4-3-5-11(8-10)15-7-6-12(2,14)9-13/h10-11H,3-8,14H2,1-2H3. The summed E-state index contributed by atoms with van der Waals surface area (Å²) in [6.07, 6.45) is 5.93. The maximum absolute atomic E-state index is 8.74. The van der Waals surface area contributed by atoms with E-state index in [1.54, 1.807) is 6.92 Å². The second kappa shape index (κ2) is 5.48. The summed E-state index contributed by atoms with van der Waals surface area (Å²) < 4.78 is 5.76. The van der Waals surface area contributed by atoms with Crippen LogP contribution in [0.3, 0.4) is 0 Å². The van der Waals surface area contributed by atoms with Crippen LogP contribution in [0.2, 0.25) is 0 Å². The van der Waals surface area contributed by atoms with Crippen LogP contribution in [0.25, 0.3) is 0 Å². The molecule has 3 nitrogen and oxygen atoms in total. The molecule has 1 aliphatic carbocycles. The number of hydrogen-bond donors (Lipinski definition) is 1. The number of ether oxygens (including phenoxy) is 1. The van der Waals surface area contributed by atoms with E-state index in [-0.39, 0.29) is 0 Å². The summed E-state index contributed by atoms with van der Waals surface area (Å²) in [7, 11) is 0. The summed E-state index contributed by atoms with van der Waals surface area (Å²) >= 11 is 0. The molecule has 0 heterocycles. The van der Waals surface area contributed by atoms with E-state index in [4.69, 9.17) is 15.7 Å². The molecule has 0 amide bonds. The first-order chi connectivity index (χ1) is 7.03. The first-order valence-corrected chi connectivity index (χ1v) is 5.85. The Morgan fingerprint density at radius 3 is 2.87 bits per heavy atom. The number of hydrogen-bond acceptors (Lipinski definition) is 3. The van der Waals surface area contributed by atoms with Crippen LogP contribution in [-0.4, -0.2) is 18.2 Å². The Morgan fingerprint density at radius 2 is 2.27 bits per heavy atom. The van der Waals surface area contributed by atoms with Gasteiger partial charge in [0.1, 0.15) is 5.54 Å². The predicted molar refractivity (Wildman–Crippen MR) is 60.2 cm³/mol. The summed E-state index contributed by atoms with van der Waals surface area (Å²) in [4.78, 5) is 0. The highest BCUT2D eigenvalue weighted by Crippen LogP contribution is 2.25. The molecule has 1 rings (SSSR count). The van der Waals surface area contributed by atoms with Gasteiger partial charge in [0.05, 0.1) is 12.2 Å². The molecule has 3 unspecified atom stereocenters. The van der Waals surface area contributed by atoms with Crippen molar-refractivity contribution in [1.29, 1.82) is 5.26 Å². The van der Waals surface area contributed by atoms with Crippen molar-refractivity contribution in [2.45, 2.75) is 57.6 Å². The van der Waals surface area contributed by atoms with Crippen molar-refractivity contribution in [3.63, 3.8) is 0 Å². The highest BCUT2D eigenvalue weighted by molar-refractivity contribution is 5.00. The summed E-state index contributed by atoms with van der Waals surface area (Å²) in [5.41, 5.74) is 4.98. The van der Waals surface area contributed by atoms with E-state index in [0.717, 1.165) is 18.8 Å². The molecule has 1 saturated carbocycles. The maximum atomic E-state index is 8.74. The fourth-order valence-corrected chi connectivity index (χ4v) is 2.02. The quantitative estimate of drug-likeness (QED) is 0.774. The average molecular weight is 210 g/mol. The summed E-state index contributed by atoms with van der Waals surface area (Å²) in [6, 6.07) is 2.09. The largest absolute Gasteiger partial charge is 0.378 e. The van der Waals surface area contributed by atoms with Crippen LogP contribution >= 0.6 is 0 Å². The van der Waals surface area contributed by atoms with Gasteiger partial charge in [-0.05, 0) is 25.7 Å². The van der Waals surface area contributed by atoms with Gasteiger partial charge in [-0.1, -0.05) is 19.8 Å². The van der Waals surface area contributed by atoms with Gasteiger partial charge in [0.25, 0.3) is 0 Å². The molecule has 0 aromatic rings. The van der Waals surface area contributed by atoms with Gasteiger partial charge in [0, 0.05) is 13.0 Å². The molecule has 0 aromatic heterocycles. The Labute approximate surface area is 92.6 Å². The lowest BCUT2D eigenvalue weighted by Crippen LogP contribution is -2.36. The highest BCUT2D eigenvalue weighted by Gasteiger charge is 2.21. The van der Waals surface area contributed by atoms with E-state index < -0.39 is 5.54 Å². The second-order valence-electron chi connectivity index (χ2n) is 5.04. The molecule has 1 fully saturated rings. The van der Waals surface area contributed by atoms with Crippen molar-refractivity contribution in [3.05, 3.63) is 0 Å². The molecule has 0 saturated heterocycles. The topological polar surface area (TPSA) is 59.0 Å². The van der Waals surface area contributed by atoms with Crippen LogP contribution in [0.15, 0.2) is 0 Å². The number of nitrogens with two attached hydrogens (primary N) is 1. The minimum atomic E-state index is -0.736. The summed E-state index contributed by atoms with van der Waals surface area (Å²) in [6.45, 7) is 4.63. The molecule has 3 heteroatoms. The van der Waals surface area contributed by atoms with Gasteiger partial charge in [-0.25, -0.2) is 0 Å². The van der Waals surface area contributed by atoms with Gasteiger partial charge in [0.15, 0.2) is 0 Å². The van der Waals surface area contributed by atoms with Crippen molar-refractivity contribution in [1.82, 2.24) is 0 Å². The Bertz CT molecular complexity index is 232. The van der Waals surface area contributed by atoms with Crippen LogP contribution in [0.5, 0.6) is 0 Å². The van der Waals surface area contributed by atoms with Crippen molar-refractivity contribution in [2.75, 3.05) is 6.61 Å².